The predicted octanol–water partition coefficient (Wildman–Crippen LogP) is 1.82. The van der Waals surface area contributed by atoms with E-state index >= 15 is 0 Å². The van der Waals surface area contributed by atoms with Crippen LogP contribution in [0.1, 0.15) is 18.4 Å². The monoisotopic (exact) mass is 224 g/mol. The van der Waals surface area contributed by atoms with Crippen LogP contribution in [0.4, 0.5) is 8.78 Å². The Morgan fingerprint density at radius 1 is 1.38 bits per heavy atom. The Labute approximate surface area is 91.2 Å². The summed E-state index contributed by atoms with van der Waals surface area (Å²) in [6.07, 6.45) is 2.69. The van der Waals surface area contributed by atoms with Gasteiger partial charge in [-0.1, -0.05) is 6.07 Å². The van der Waals surface area contributed by atoms with Gasteiger partial charge in [0.2, 0.25) is 5.91 Å². The lowest BCUT2D eigenvalue weighted by atomic mass is 10.2. The Kier molecular flexibility index (Phi) is 2.94. The molecule has 1 amide bonds. The lowest BCUT2D eigenvalue weighted by Crippen LogP contribution is -2.19. The summed E-state index contributed by atoms with van der Waals surface area (Å²) in [6.45, 7) is 0. The molecule has 16 heavy (non-hydrogen) atoms. The van der Waals surface area contributed by atoms with E-state index < -0.39 is 11.6 Å². The Balaban J connectivity index is 2.02. The van der Waals surface area contributed by atoms with Crippen LogP contribution in [0.2, 0.25) is 0 Å². The highest BCUT2D eigenvalue weighted by Gasteiger charge is 2.29. The Morgan fingerprint density at radius 3 is 2.56 bits per heavy atom. The maximum Gasteiger partial charge on any atom is 0.243 e. The Hall–Kier alpha value is -1.78. The molecule has 1 N–H and O–H groups in total. The number of nitrogens with zero attached hydrogens (tertiary/aromatic N) is 1. The minimum atomic E-state index is -0.704. The number of hydrazone groups is 1. The standard InChI is InChI=1S/C11H10F2N2O/c12-9-2-1-3-10(13)8(9)6-14-15-11(16)7-4-5-7/h1-3,6-7H,4-5H2,(H,15,16)/b14-6-. The number of carbonyl (C=O) groups excluding carboxylic acids is 1. The molecule has 2 rings (SSSR count). The van der Waals surface area contributed by atoms with Crippen molar-refractivity contribution in [1.82, 2.24) is 5.43 Å². The molecule has 3 nitrogen and oxygen atoms in total. The molecule has 0 unspecified atom stereocenters. The van der Waals surface area contributed by atoms with Crippen LogP contribution in [0.5, 0.6) is 0 Å². The van der Waals surface area contributed by atoms with E-state index in [1.54, 1.807) is 0 Å². The maximum absolute atomic E-state index is 13.1. The van der Waals surface area contributed by atoms with E-state index in [2.05, 4.69) is 10.5 Å². The minimum absolute atomic E-state index is 0.0163. The summed E-state index contributed by atoms with van der Waals surface area (Å²) >= 11 is 0. The van der Waals surface area contributed by atoms with Crippen LogP contribution in [0, 0.1) is 17.6 Å². The molecule has 0 aliphatic heterocycles. The molecule has 0 radical (unpaired) electrons. The van der Waals surface area contributed by atoms with Crippen LogP contribution in [-0.4, -0.2) is 12.1 Å². The number of rotatable bonds is 3. The van der Waals surface area contributed by atoms with Crippen molar-refractivity contribution in [3.8, 4) is 0 Å². The lowest BCUT2D eigenvalue weighted by molar-refractivity contribution is -0.122. The summed E-state index contributed by atoms with van der Waals surface area (Å²) in [7, 11) is 0. The van der Waals surface area contributed by atoms with Crippen molar-refractivity contribution in [2.24, 2.45) is 11.0 Å². The first kappa shape index (κ1) is 10.7. The fourth-order valence-electron chi connectivity index (χ4n) is 1.23. The average molecular weight is 224 g/mol. The zero-order valence-electron chi connectivity index (χ0n) is 8.41. The van der Waals surface area contributed by atoms with Gasteiger partial charge in [-0.05, 0) is 25.0 Å². The van der Waals surface area contributed by atoms with Gasteiger partial charge in [-0.15, -0.1) is 0 Å². The fourth-order valence-corrected chi connectivity index (χ4v) is 1.23. The average Bonchev–Trinajstić information content (AvgIpc) is 3.05. The first-order chi connectivity index (χ1) is 7.68. The van der Waals surface area contributed by atoms with Crippen LogP contribution in [0.3, 0.4) is 0 Å². The minimum Gasteiger partial charge on any atom is -0.273 e. The topological polar surface area (TPSA) is 41.5 Å². The van der Waals surface area contributed by atoms with E-state index in [1.165, 1.54) is 6.07 Å². The maximum atomic E-state index is 13.1. The summed E-state index contributed by atoms with van der Waals surface area (Å²) in [4.78, 5) is 11.2. The summed E-state index contributed by atoms with van der Waals surface area (Å²) in [5.74, 6) is -1.59. The second kappa shape index (κ2) is 4.38. The van der Waals surface area contributed by atoms with Crippen molar-refractivity contribution < 1.29 is 13.6 Å². The van der Waals surface area contributed by atoms with Crippen LogP contribution < -0.4 is 5.43 Å². The summed E-state index contributed by atoms with van der Waals surface area (Å²) in [6, 6.07) is 3.53. The number of hydrogen-bond donors (Lipinski definition) is 1. The lowest BCUT2D eigenvalue weighted by Gasteiger charge is -1.98. The van der Waals surface area contributed by atoms with Crippen LogP contribution in [0.25, 0.3) is 0 Å². The van der Waals surface area contributed by atoms with E-state index in [9.17, 15) is 13.6 Å². The molecule has 0 bridgehead atoms. The third-order valence-electron chi connectivity index (χ3n) is 2.32. The van der Waals surface area contributed by atoms with Gasteiger partial charge in [-0.3, -0.25) is 4.79 Å². The van der Waals surface area contributed by atoms with E-state index in [-0.39, 0.29) is 17.4 Å². The van der Waals surface area contributed by atoms with Crippen molar-refractivity contribution in [2.45, 2.75) is 12.8 Å². The van der Waals surface area contributed by atoms with Crippen LogP contribution in [-0.2, 0) is 4.79 Å². The first-order valence-corrected chi connectivity index (χ1v) is 4.95. The number of amides is 1. The predicted molar refractivity (Wildman–Crippen MR) is 54.8 cm³/mol. The number of hydrogen-bond acceptors (Lipinski definition) is 2. The molecular weight excluding hydrogens is 214 g/mol. The van der Waals surface area contributed by atoms with Gasteiger partial charge in [-0.2, -0.15) is 5.10 Å². The van der Waals surface area contributed by atoms with Crippen molar-refractivity contribution in [3.63, 3.8) is 0 Å². The first-order valence-electron chi connectivity index (χ1n) is 4.95. The van der Waals surface area contributed by atoms with Crippen LogP contribution >= 0.6 is 0 Å². The molecule has 0 spiro atoms. The quantitative estimate of drug-likeness (QED) is 0.617. The van der Waals surface area contributed by atoms with Crippen molar-refractivity contribution in [3.05, 3.63) is 35.4 Å². The van der Waals surface area contributed by atoms with Crippen molar-refractivity contribution in [1.29, 1.82) is 0 Å². The zero-order valence-corrected chi connectivity index (χ0v) is 8.41. The molecule has 0 heterocycles. The highest BCUT2D eigenvalue weighted by atomic mass is 19.1. The van der Waals surface area contributed by atoms with E-state index in [1.807, 2.05) is 0 Å². The Bertz CT molecular complexity index is 421. The highest BCUT2D eigenvalue weighted by Crippen LogP contribution is 2.28. The molecule has 1 aromatic carbocycles. The van der Waals surface area contributed by atoms with Gasteiger partial charge in [0.05, 0.1) is 11.8 Å². The third-order valence-corrected chi connectivity index (χ3v) is 2.32. The molecule has 1 fully saturated rings. The number of halogens is 2. The number of nitrogens with one attached hydrogen (secondary N) is 1. The van der Waals surface area contributed by atoms with E-state index in [0.717, 1.165) is 31.2 Å². The van der Waals surface area contributed by atoms with Gasteiger partial charge in [0.1, 0.15) is 11.6 Å². The summed E-state index contributed by atoms with van der Waals surface area (Å²) in [5.41, 5.74) is 1.99. The molecule has 1 aliphatic rings. The van der Waals surface area contributed by atoms with Crippen molar-refractivity contribution in [2.75, 3.05) is 0 Å². The number of carbonyl (C=O) groups is 1. The van der Waals surface area contributed by atoms with Crippen LogP contribution in [0.15, 0.2) is 23.3 Å². The van der Waals surface area contributed by atoms with Crippen molar-refractivity contribution >= 4 is 12.1 Å². The zero-order chi connectivity index (χ0) is 11.5. The normalized spacial score (nSPS) is 15.4. The van der Waals surface area contributed by atoms with Gasteiger partial charge in [0, 0.05) is 5.92 Å². The molecule has 0 aromatic heterocycles. The fraction of sp³-hybridized carbons (Fsp3) is 0.273. The molecule has 0 saturated heterocycles. The van der Waals surface area contributed by atoms with Gasteiger partial charge in [0.15, 0.2) is 0 Å². The molecule has 1 aromatic rings. The molecule has 1 saturated carbocycles. The summed E-state index contributed by atoms with van der Waals surface area (Å²) < 4.78 is 26.2. The second-order valence-corrected chi connectivity index (χ2v) is 3.64. The smallest absolute Gasteiger partial charge is 0.243 e. The van der Waals surface area contributed by atoms with E-state index in [0.29, 0.717) is 0 Å². The van der Waals surface area contributed by atoms with Gasteiger partial charge in [0.25, 0.3) is 0 Å². The Morgan fingerprint density at radius 2 is 2.00 bits per heavy atom. The molecule has 0 atom stereocenters. The second-order valence-electron chi connectivity index (χ2n) is 3.64. The largest absolute Gasteiger partial charge is 0.273 e. The third kappa shape index (κ3) is 2.42. The van der Waals surface area contributed by atoms with Gasteiger partial charge < -0.3 is 0 Å². The SMILES string of the molecule is O=C(N/N=C\c1c(F)cccc1F)C1CC1. The molecule has 5 heteroatoms. The van der Waals surface area contributed by atoms with E-state index in [4.69, 9.17) is 0 Å². The van der Waals surface area contributed by atoms with Gasteiger partial charge >= 0.3 is 0 Å². The molecule has 1 aliphatic carbocycles. The summed E-state index contributed by atoms with van der Waals surface area (Å²) in [5, 5.41) is 3.52. The highest BCUT2D eigenvalue weighted by molar-refractivity contribution is 5.84. The molecular formula is C11H10F2N2O. The number of benzene rings is 1. The van der Waals surface area contributed by atoms with Gasteiger partial charge in [-0.25, -0.2) is 14.2 Å². The molecule has 84 valence electrons.